The van der Waals surface area contributed by atoms with Crippen molar-refractivity contribution < 1.29 is 19.2 Å². The molecule has 0 aliphatic carbocycles. The third-order valence-corrected chi connectivity index (χ3v) is 2.53. The van der Waals surface area contributed by atoms with E-state index in [9.17, 15) is 19.7 Å². The van der Waals surface area contributed by atoms with E-state index in [-0.39, 0.29) is 12.1 Å². The number of alkyl carbamates (subject to hydrolysis) is 1. The van der Waals surface area contributed by atoms with Crippen molar-refractivity contribution in [3.63, 3.8) is 0 Å². The van der Waals surface area contributed by atoms with E-state index in [0.717, 1.165) is 0 Å². The number of hydrogen-bond acceptors (Lipinski definition) is 5. The van der Waals surface area contributed by atoms with Crippen molar-refractivity contribution in [1.29, 1.82) is 0 Å². The third kappa shape index (κ3) is 5.60. The average molecular weight is 294 g/mol. The topological polar surface area (TPSA) is 98.5 Å². The molecule has 7 heteroatoms. The molecule has 0 saturated carbocycles. The Morgan fingerprint density at radius 3 is 2.38 bits per heavy atom. The van der Waals surface area contributed by atoms with E-state index in [1.807, 2.05) is 0 Å². The zero-order valence-corrected chi connectivity index (χ0v) is 12.2. The van der Waals surface area contributed by atoms with Crippen LogP contribution in [0.15, 0.2) is 24.3 Å². The number of nitro benzene ring substituents is 1. The minimum atomic E-state index is -0.648. The van der Waals surface area contributed by atoms with Crippen LogP contribution >= 0.6 is 0 Å². The number of benzene rings is 1. The summed E-state index contributed by atoms with van der Waals surface area (Å²) in [6, 6.07) is 5.07. The third-order valence-electron chi connectivity index (χ3n) is 2.53. The van der Waals surface area contributed by atoms with Crippen molar-refractivity contribution in [2.24, 2.45) is 0 Å². The molecule has 0 aliphatic rings. The Bertz CT molecular complexity index is 519. The van der Waals surface area contributed by atoms with Gasteiger partial charge in [0, 0.05) is 18.6 Å². The molecule has 7 nitrogen and oxygen atoms in total. The summed E-state index contributed by atoms with van der Waals surface area (Å²) in [5.74, 6) is 0. The molecule has 0 radical (unpaired) electrons. The fourth-order valence-electron chi connectivity index (χ4n) is 1.65. The Hall–Kier alpha value is -2.44. The molecule has 1 N–H and O–H groups in total. The fraction of sp³-hybridized carbons (Fsp3) is 0.429. The normalized spacial score (nSPS) is 12.3. The Balaban J connectivity index is 2.83. The molecule has 21 heavy (non-hydrogen) atoms. The largest absolute Gasteiger partial charge is 0.444 e. The molecule has 114 valence electrons. The maximum atomic E-state index is 11.7. The zero-order valence-electron chi connectivity index (χ0n) is 12.2. The number of carbonyl (C=O) groups excluding carboxylic acids is 2. The second-order valence-corrected chi connectivity index (χ2v) is 5.45. The summed E-state index contributed by atoms with van der Waals surface area (Å²) < 4.78 is 5.12. The van der Waals surface area contributed by atoms with Crippen molar-refractivity contribution in [2.75, 3.05) is 0 Å². The van der Waals surface area contributed by atoms with Gasteiger partial charge in [0.25, 0.3) is 5.69 Å². The maximum Gasteiger partial charge on any atom is 0.408 e. The number of nitrogens with zero attached hydrogens (tertiary/aromatic N) is 1. The van der Waals surface area contributed by atoms with Crippen LogP contribution in [0.2, 0.25) is 0 Å². The van der Waals surface area contributed by atoms with E-state index in [0.29, 0.717) is 11.8 Å². The quantitative estimate of drug-likeness (QED) is 0.511. The second-order valence-electron chi connectivity index (χ2n) is 5.45. The zero-order chi connectivity index (χ0) is 16.0. The number of nitrogens with one attached hydrogen (secondary N) is 1. The van der Waals surface area contributed by atoms with Gasteiger partial charge in [-0.2, -0.15) is 0 Å². The summed E-state index contributed by atoms with van der Waals surface area (Å²) in [4.78, 5) is 32.6. The van der Waals surface area contributed by atoms with Gasteiger partial charge in [-0.15, -0.1) is 0 Å². The molecule has 1 atom stereocenters. The SMILES string of the molecule is CC(C)(C)OC(=O)N[C@H](CC=O)c1ccc([N+](=O)[O-])cc1. The monoisotopic (exact) mass is 294 g/mol. The molecule has 0 aromatic heterocycles. The van der Waals surface area contributed by atoms with E-state index >= 15 is 0 Å². The molecule has 1 amide bonds. The van der Waals surface area contributed by atoms with Crippen LogP contribution in [0.5, 0.6) is 0 Å². The summed E-state index contributed by atoms with van der Waals surface area (Å²) in [6.07, 6.45) is 0.0771. The fourth-order valence-corrected chi connectivity index (χ4v) is 1.65. The van der Waals surface area contributed by atoms with Gasteiger partial charge >= 0.3 is 6.09 Å². The minimum absolute atomic E-state index is 0.0526. The van der Waals surface area contributed by atoms with Gasteiger partial charge in [0.05, 0.1) is 11.0 Å². The van der Waals surface area contributed by atoms with Crippen LogP contribution in [-0.4, -0.2) is 22.9 Å². The highest BCUT2D eigenvalue weighted by Gasteiger charge is 2.20. The van der Waals surface area contributed by atoms with Crippen LogP contribution < -0.4 is 5.32 Å². The summed E-state index contributed by atoms with van der Waals surface area (Å²) >= 11 is 0. The molecule has 0 aliphatic heterocycles. The summed E-state index contributed by atoms with van der Waals surface area (Å²) in [6.45, 7) is 5.19. The molecule has 1 rings (SSSR count). The van der Waals surface area contributed by atoms with Crippen molar-refractivity contribution in [3.05, 3.63) is 39.9 Å². The van der Waals surface area contributed by atoms with Crippen LogP contribution in [0.3, 0.4) is 0 Å². The molecule has 1 aromatic carbocycles. The summed E-state index contributed by atoms with van der Waals surface area (Å²) in [5, 5.41) is 13.2. The predicted molar refractivity (Wildman–Crippen MR) is 75.9 cm³/mol. The summed E-state index contributed by atoms with van der Waals surface area (Å²) in [5.41, 5.74) is -0.106. The highest BCUT2D eigenvalue weighted by atomic mass is 16.6. The predicted octanol–water partition coefficient (Wildman–Crippen LogP) is 2.75. The first kappa shape index (κ1) is 16.6. The Morgan fingerprint density at radius 2 is 1.95 bits per heavy atom. The standard InChI is InChI=1S/C14H18N2O5/c1-14(2,3)21-13(18)15-12(8-9-17)10-4-6-11(7-5-10)16(19)20/h4-7,9,12H,8H2,1-3H3,(H,15,18)/t12-/m1/s1. The molecule has 0 saturated heterocycles. The lowest BCUT2D eigenvalue weighted by Crippen LogP contribution is -2.35. The van der Waals surface area contributed by atoms with E-state index in [4.69, 9.17) is 4.74 Å². The van der Waals surface area contributed by atoms with Gasteiger partial charge in [0.1, 0.15) is 11.9 Å². The number of nitro groups is 1. The van der Waals surface area contributed by atoms with Crippen LogP contribution in [0.4, 0.5) is 10.5 Å². The van der Waals surface area contributed by atoms with Gasteiger partial charge in [-0.1, -0.05) is 12.1 Å². The van der Waals surface area contributed by atoms with E-state index < -0.39 is 22.7 Å². The first-order valence-electron chi connectivity index (χ1n) is 6.40. The molecular weight excluding hydrogens is 276 g/mol. The number of aldehydes is 1. The first-order chi connectivity index (χ1) is 9.73. The number of carbonyl (C=O) groups is 2. The van der Waals surface area contributed by atoms with Gasteiger partial charge in [0.15, 0.2) is 0 Å². The van der Waals surface area contributed by atoms with Gasteiger partial charge in [-0.05, 0) is 26.3 Å². The molecule has 1 aromatic rings. The van der Waals surface area contributed by atoms with E-state index in [1.54, 1.807) is 20.8 Å². The van der Waals surface area contributed by atoms with Crippen molar-refractivity contribution >= 4 is 18.1 Å². The van der Waals surface area contributed by atoms with Crippen molar-refractivity contribution in [2.45, 2.75) is 38.8 Å². The summed E-state index contributed by atoms with van der Waals surface area (Å²) in [7, 11) is 0. The lowest BCUT2D eigenvalue weighted by atomic mass is 10.0. The molecule has 0 unspecified atom stereocenters. The van der Waals surface area contributed by atoms with Gasteiger partial charge < -0.3 is 14.8 Å². The molecule has 0 bridgehead atoms. The minimum Gasteiger partial charge on any atom is -0.444 e. The first-order valence-corrected chi connectivity index (χ1v) is 6.40. The second kappa shape index (κ2) is 6.83. The van der Waals surface area contributed by atoms with E-state index in [2.05, 4.69) is 5.32 Å². The Labute approximate surface area is 122 Å². The molecule has 0 spiro atoms. The Kier molecular flexibility index (Phi) is 5.40. The van der Waals surface area contributed by atoms with Gasteiger partial charge in [-0.25, -0.2) is 4.79 Å². The van der Waals surface area contributed by atoms with Crippen molar-refractivity contribution in [3.8, 4) is 0 Å². The lowest BCUT2D eigenvalue weighted by Gasteiger charge is -2.23. The number of hydrogen-bond donors (Lipinski definition) is 1. The molecular formula is C14H18N2O5. The highest BCUT2D eigenvalue weighted by Crippen LogP contribution is 2.20. The average Bonchev–Trinajstić information content (AvgIpc) is 2.36. The molecule has 0 fully saturated rings. The van der Waals surface area contributed by atoms with Crippen LogP contribution in [0.25, 0.3) is 0 Å². The van der Waals surface area contributed by atoms with Crippen LogP contribution in [-0.2, 0) is 9.53 Å². The number of non-ortho nitro benzene ring substituents is 1. The maximum absolute atomic E-state index is 11.7. The number of amides is 1. The number of ether oxygens (including phenoxy) is 1. The molecule has 0 heterocycles. The van der Waals surface area contributed by atoms with Crippen LogP contribution in [0.1, 0.15) is 38.8 Å². The van der Waals surface area contributed by atoms with E-state index in [1.165, 1.54) is 24.3 Å². The van der Waals surface area contributed by atoms with Gasteiger partial charge in [0.2, 0.25) is 0 Å². The van der Waals surface area contributed by atoms with Crippen molar-refractivity contribution in [1.82, 2.24) is 5.32 Å². The highest BCUT2D eigenvalue weighted by molar-refractivity contribution is 5.69. The van der Waals surface area contributed by atoms with Gasteiger partial charge in [-0.3, -0.25) is 10.1 Å². The number of rotatable bonds is 5. The lowest BCUT2D eigenvalue weighted by molar-refractivity contribution is -0.384. The van der Waals surface area contributed by atoms with Crippen LogP contribution in [0, 0.1) is 10.1 Å². The smallest absolute Gasteiger partial charge is 0.408 e. The Morgan fingerprint density at radius 1 is 1.38 bits per heavy atom.